The van der Waals surface area contributed by atoms with Crippen LogP contribution in [0.25, 0.3) is 0 Å². The molecular weight excluding hydrogens is 138 g/mol. The van der Waals surface area contributed by atoms with Crippen molar-refractivity contribution in [2.75, 3.05) is 23.3 Å². The van der Waals surface area contributed by atoms with Gasteiger partial charge < -0.3 is 16.8 Å². The maximum Gasteiger partial charge on any atom is 0.0786 e. The molecule has 0 unspecified atom stereocenters. The molecule has 0 amide bonds. The number of hydrogen-bond donors (Lipinski definition) is 3. The molecule has 0 aliphatic carbocycles. The van der Waals surface area contributed by atoms with Gasteiger partial charge in [-0.25, -0.2) is 0 Å². The lowest BCUT2D eigenvalue weighted by Gasteiger charge is -2.06. The van der Waals surface area contributed by atoms with E-state index in [2.05, 4.69) is 5.32 Å². The van der Waals surface area contributed by atoms with Crippen LogP contribution in [-0.4, -0.2) is 6.54 Å². The zero-order valence-corrected chi connectivity index (χ0v) is 6.22. The van der Waals surface area contributed by atoms with Crippen molar-refractivity contribution in [3.8, 4) is 0 Å². The molecule has 2 rings (SSSR count). The van der Waals surface area contributed by atoms with Gasteiger partial charge in [0.2, 0.25) is 0 Å². The lowest BCUT2D eigenvalue weighted by molar-refractivity contribution is 1.11. The van der Waals surface area contributed by atoms with Crippen molar-refractivity contribution in [1.82, 2.24) is 0 Å². The average molecular weight is 149 g/mol. The lowest BCUT2D eigenvalue weighted by atomic mass is 10.1. The molecule has 1 aromatic carbocycles. The molecule has 58 valence electrons. The first-order valence-electron chi connectivity index (χ1n) is 3.70. The zero-order valence-electron chi connectivity index (χ0n) is 6.22. The van der Waals surface area contributed by atoms with E-state index in [0.717, 1.165) is 18.7 Å². The molecule has 1 aliphatic heterocycles. The molecule has 0 atom stereocenters. The summed E-state index contributed by atoms with van der Waals surface area (Å²) in [5.74, 6) is 0. The van der Waals surface area contributed by atoms with Gasteiger partial charge in [-0.05, 0) is 18.1 Å². The minimum absolute atomic E-state index is 0.665. The summed E-state index contributed by atoms with van der Waals surface area (Å²) in [5, 5.41) is 3.20. The van der Waals surface area contributed by atoms with Gasteiger partial charge in [0, 0.05) is 6.54 Å². The molecule has 5 N–H and O–H groups in total. The SMILES string of the molecule is Nc1ccc2c(c1N)NCC2. The Kier molecular flexibility index (Phi) is 1.18. The molecule has 0 radical (unpaired) electrons. The topological polar surface area (TPSA) is 64.1 Å². The van der Waals surface area contributed by atoms with E-state index in [4.69, 9.17) is 11.5 Å². The Balaban J connectivity index is 2.62. The van der Waals surface area contributed by atoms with Gasteiger partial charge in [-0.2, -0.15) is 0 Å². The summed E-state index contributed by atoms with van der Waals surface area (Å²) in [6.07, 6.45) is 1.06. The lowest BCUT2D eigenvalue weighted by Crippen LogP contribution is -1.99. The molecule has 0 saturated heterocycles. The van der Waals surface area contributed by atoms with Crippen molar-refractivity contribution >= 4 is 17.1 Å². The van der Waals surface area contributed by atoms with Gasteiger partial charge in [0.1, 0.15) is 0 Å². The Morgan fingerprint density at radius 3 is 2.91 bits per heavy atom. The Bertz CT molecular complexity index is 294. The minimum Gasteiger partial charge on any atom is -0.397 e. The Hall–Kier alpha value is -1.38. The van der Waals surface area contributed by atoms with Crippen molar-refractivity contribution in [3.63, 3.8) is 0 Å². The summed E-state index contributed by atoms with van der Waals surface area (Å²) in [4.78, 5) is 0. The molecule has 0 spiro atoms. The zero-order chi connectivity index (χ0) is 7.84. The number of nitrogens with one attached hydrogen (secondary N) is 1. The van der Waals surface area contributed by atoms with Gasteiger partial charge >= 0.3 is 0 Å². The fourth-order valence-corrected chi connectivity index (χ4v) is 1.42. The van der Waals surface area contributed by atoms with Crippen LogP contribution >= 0.6 is 0 Å². The molecule has 1 aromatic rings. The molecule has 1 heterocycles. The maximum absolute atomic E-state index is 5.75. The quantitative estimate of drug-likeness (QED) is 0.478. The summed E-state index contributed by atoms with van der Waals surface area (Å²) in [6, 6.07) is 3.89. The Morgan fingerprint density at radius 1 is 1.27 bits per heavy atom. The summed E-state index contributed by atoms with van der Waals surface area (Å²) >= 11 is 0. The van der Waals surface area contributed by atoms with Crippen LogP contribution in [0.4, 0.5) is 17.1 Å². The van der Waals surface area contributed by atoms with Crippen molar-refractivity contribution < 1.29 is 0 Å². The van der Waals surface area contributed by atoms with Crippen molar-refractivity contribution in [2.24, 2.45) is 0 Å². The number of fused-ring (bicyclic) bond motifs is 1. The minimum atomic E-state index is 0.665. The van der Waals surface area contributed by atoms with E-state index in [1.54, 1.807) is 0 Å². The summed E-state index contributed by atoms with van der Waals surface area (Å²) in [7, 11) is 0. The van der Waals surface area contributed by atoms with Crippen LogP contribution in [0.5, 0.6) is 0 Å². The fraction of sp³-hybridized carbons (Fsp3) is 0.250. The van der Waals surface area contributed by atoms with Crippen LogP contribution in [-0.2, 0) is 6.42 Å². The van der Waals surface area contributed by atoms with Crippen LogP contribution in [0.15, 0.2) is 12.1 Å². The highest BCUT2D eigenvalue weighted by molar-refractivity contribution is 5.82. The van der Waals surface area contributed by atoms with Crippen LogP contribution in [0.3, 0.4) is 0 Å². The van der Waals surface area contributed by atoms with E-state index < -0.39 is 0 Å². The van der Waals surface area contributed by atoms with E-state index in [-0.39, 0.29) is 0 Å². The summed E-state index contributed by atoms with van der Waals surface area (Å²) < 4.78 is 0. The monoisotopic (exact) mass is 149 g/mol. The molecule has 11 heavy (non-hydrogen) atoms. The first-order valence-corrected chi connectivity index (χ1v) is 3.70. The molecule has 0 bridgehead atoms. The third-order valence-corrected chi connectivity index (χ3v) is 2.06. The number of nitrogen functional groups attached to an aromatic ring is 2. The molecule has 0 fully saturated rings. The van der Waals surface area contributed by atoms with Gasteiger partial charge in [0.05, 0.1) is 17.1 Å². The van der Waals surface area contributed by atoms with Gasteiger partial charge in [0.25, 0.3) is 0 Å². The number of anilines is 3. The van der Waals surface area contributed by atoms with E-state index in [0.29, 0.717) is 11.4 Å². The van der Waals surface area contributed by atoms with Gasteiger partial charge in [-0.15, -0.1) is 0 Å². The number of rotatable bonds is 0. The van der Waals surface area contributed by atoms with Gasteiger partial charge in [-0.1, -0.05) is 6.07 Å². The fourth-order valence-electron chi connectivity index (χ4n) is 1.42. The second kappa shape index (κ2) is 2.05. The second-order valence-electron chi connectivity index (χ2n) is 2.78. The van der Waals surface area contributed by atoms with E-state index >= 15 is 0 Å². The van der Waals surface area contributed by atoms with Gasteiger partial charge in [0.15, 0.2) is 0 Å². The molecule has 1 aliphatic rings. The third kappa shape index (κ3) is 0.808. The van der Waals surface area contributed by atoms with E-state index in [1.165, 1.54) is 5.56 Å². The Labute approximate surface area is 65.4 Å². The highest BCUT2D eigenvalue weighted by Crippen LogP contribution is 2.32. The molecule has 0 aromatic heterocycles. The van der Waals surface area contributed by atoms with Crippen LogP contribution in [0.2, 0.25) is 0 Å². The van der Waals surface area contributed by atoms with Crippen molar-refractivity contribution in [1.29, 1.82) is 0 Å². The average Bonchev–Trinajstić information content (AvgIpc) is 2.45. The molecule has 0 saturated carbocycles. The largest absolute Gasteiger partial charge is 0.397 e. The van der Waals surface area contributed by atoms with E-state index in [1.807, 2.05) is 12.1 Å². The number of nitrogens with two attached hydrogens (primary N) is 2. The normalized spacial score (nSPS) is 14.2. The Morgan fingerprint density at radius 2 is 2.09 bits per heavy atom. The highest BCUT2D eigenvalue weighted by Gasteiger charge is 2.13. The van der Waals surface area contributed by atoms with Gasteiger partial charge in [-0.3, -0.25) is 0 Å². The predicted molar refractivity (Wildman–Crippen MR) is 47.5 cm³/mol. The third-order valence-electron chi connectivity index (χ3n) is 2.06. The number of benzene rings is 1. The first-order chi connectivity index (χ1) is 5.29. The predicted octanol–water partition coefficient (Wildman–Crippen LogP) is 0.819. The molecular formula is C8H11N3. The standard InChI is InChI=1S/C8H11N3/c9-6-2-1-5-3-4-11-8(5)7(6)10/h1-2,11H,3-4,9-10H2. The van der Waals surface area contributed by atoms with E-state index in [9.17, 15) is 0 Å². The van der Waals surface area contributed by atoms with Crippen LogP contribution in [0.1, 0.15) is 5.56 Å². The smallest absolute Gasteiger partial charge is 0.0786 e. The van der Waals surface area contributed by atoms with Crippen molar-refractivity contribution in [2.45, 2.75) is 6.42 Å². The van der Waals surface area contributed by atoms with Crippen LogP contribution in [0, 0.1) is 0 Å². The van der Waals surface area contributed by atoms with Crippen LogP contribution < -0.4 is 16.8 Å². The second-order valence-corrected chi connectivity index (χ2v) is 2.78. The first kappa shape index (κ1) is 6.34. The molecule has 3 heteroatoms. The number of hydrogen-bond acceptors (Lipinski definition) is 3. The summed E-state index contributed by atoms with van der Waals surface area (Å²) in [6.45, 7) is 0.975. The molecule has 3 nitrogen and oxygen atoms in total. The highest BCUT2D eigenvalue weighted by atomic mass is 14.9. The van der Waals surface area contributed by atoms with Crippen molar-refractivity contribution in [3.05, 3.63) is 17.7 Å². The maximum atomic E-state index is 5.75. The summed E-state index contributed by atoms with van der Waals surface area (Å²) in [5.41, 5.74) is 15.0.